The van der Waals surface area contributed by atoms with Crippen LogP contribution >= 0.6 is 11.6 Å². The number of hydrogen-bond acceptors (Lipinski definition) is 3. The summed E-state index contributed by atoms with van der Waals surface area (Å²) in [5, 5.41) is 12.4. The van der Waals surface area contributed by atoms with Crippen LogP contribution in [0.15, 0.2) is 48.5 Å². The fourth-order valence-corrected chi connectivity index (χ4v) is 3.12. The van der Waals surface area contributed by atoms with Gasteiger partial charge in [-0.1, -0.05) is 48.0 Å². The highest BCUT2D eigenvalue weighted by atomic mass is 35.5. The molecule has 5 nitrogen and oxygen atoms in total. The summed E-state index contributed by atoms with van der Waals surface area (Å²) in [5.41, 5.74) is 2.01. The summed E-state index contributed by atoms with van der Waals surface area (Å²) in [4.78, 5) is 23.3. The van der Waals surface area contributed by atoms with Gasteiger partial charge < -0.3 is 15.2 Å². The van der Waals surface area contributed by atoms with Gasteiger partial charge in [0.15, 0.2) is 0 Å². The molecule has 0 spiro atoms. The number of aliphatic carboxylic acids is 1. The molecule has 0 aliphatic rings. The van der Waals surface area contributed by atoms with Gasteiger partial charge in [0.1, 0.15) is 5.75 Å². The van der Waals surface area contributed by atoms with Crippen LogP contribution in [0.5, 0.6) is 5.75 Å². The number of hydrogen-bond donors (Lipinski definition) is 2. The molecule has 2 rings (SSSR count). The monoisotopic (exact) mass is 389 g/mol. The molecule has 27 heavy (non-hydrogen) atoms. The minimum Gasteiger partial charge on any atom is -0.495 e. The van der Waals surface area contributed by atoms with Crippen molar-refractivity contribution in [1.82, 2.24) is 5.32 Å². The molecule has 1 atom stereocenters. The zero-order valence-corrected chi connectivity index (χ0v) is 16.0. The second-order valence-corrected chi connectivity index (χ2v) is 6.76. The summed E-state index contributed by atoms with van der Waals surface area (Å²) < 4.78 is 5.12. The normalized spacial score (nSPS) is 11.6. The van der Waals surface area contributed by atoms with Gasteiger partial charge in [0, 0.05) is 18.9 Å². The lowest BCUT2D eigenvalue weighted by Gasteiger charge is -2.18. The number of methoxy groups -OCH3 is 1. The number of amides is 1. The summed E-state index contributed by atoms with van der Waals surface area (Å²) in [7, 11) is 1.55. The Bertz CT molecular complexity index is 764. The molecule has 0 saturated carbocycles. The van der Waals surface area contributed by atoms with E-state index in [2.05, 4.69) is 5.32 Å². The molecular formula is C21H24ClNO4. The van der Waals surface area contributed by atoms with E-state index in [-0.39, 0.29) is 18.4 Å². The summed E-state index contributed by atoms with van der Waals surface area (Å²) in [6, 6.07) is 15.0. The maximum absolute atomic E-state index is 12.4. The summed E-state index contributed by atoms with van der Waals surface area (Å²) in [6.45, 7) is 0. The second-order valence-electron chi connectivity index (χ2n) is 6.36. The lowest BCUT2D eigenvalue weighted by molar-refractivity contribution is -0.137. The average Bonchev–Trinajstić information content (AvgIpc) is 2.65. The maximum atomic E-state index is 12.4. The smallest absolute Gasteiger partial charge is 0.303 e. The highest BCUT2D eigenvalue weighted by molar-refractivity contribution is 6.32. The number of carbonyl (C=O) groups is 2. The van der Waals surface area contributed by atoms with Crippen molar-refractivity contribution in [3.63, 3.8) is 0 Å². The molecule has 0 fully saturated rings. The Hall–Kier alpha value is -2.53. The SMILES string of the molecule is COc1ccc(CCC(=O)NC(CCC(=O)O)Cc2ccccc2)cc1Cl. The lowest BCUT2D eigenvalue weighted by atomic mass is 10.0. The highest BCUT2D eigenvalue weighted by Crippen LogP contribution is 2.25. The summed E-state index contributed by atoms with van der Waals surface area (Å²) >= 11 is 6.11. The fourth-order valence-electron chi connectivity index (χ4n) is 2.84. The molecule has 0 heterocycles. The van der Waals surface area contributed by atoms with E-state index in [0.29, 0.717) is 36.5 Å². The van der Waals surface area contributed by atoms with E-state index in [4.69, 9.17) is 21.4 Å². The number of nitrogens with one attached hydrogen (secondary N) is 1. The number of benzene rings is 2. The van der Waals surface area contributed by atoms with Crippen LogP contribution in [0, 0.1) is 0 Å². The van der Waals surface area contributed by atoms with Crippen molar-refractivity contribution in [2.24, 2.45) is 0 Å². The number of carboxylic acids is 1. The molecule has 2 N–H and O–H groups in total. The van der Waals surface area contributed by atoms with E-state index in [1.807, 2.05) is 36.4 Å². The largest absolute Gasteiger partial charge is 0.495 e. The van der Waals surface area contributed by atoms with Crippen molar-refractivity contribution in [1.29, 1.82) is 0 Å². The number of halogens is 1. The Balaban J connectivity index is 1.91. The molecule has 2 aromatic rings. The molecule has 0 aliphatic carbocycles. The van der Waals surface area contributed by atoms with E-state index in [1.54, 1.807) is 19.2 Å². The van der Waals surface area contributed by atoms with Gasteiger partial charge in [-0.2, -0.15) is 0 Å². The first-order valence-corrected chi connectivity index (χ1v) is 9.23. The first-order chi connectivity index (χ1) is 13.0. The van der Waals surface area contributed by atoms with Crippen molar-refractivity contribution < 1.29 is 19.4 Å². The topological polar surface area (TPSA) is 75.6 Å². The van der Waals surface area contributed by atoms with Crippen molar-refractivity contribution in [2.75, 3.05) is 7.11 Å². The standard InChI is InChI=1S/C21H24ClNO4/c1-27-19-10-7-16(14-18(19)22)8-11-20(24)23-17(9-12-21(25)26)13-15-5-3-2-4-6-15/h2-7,10,14,17H,8-9,11-13H2,1H3,(H,23,24)(H,25,26). The van der Waals surface area contributed by atoms with Crippen molar-refractivity contribution >= 4 is 23.5 Å². The molecule has 6 heteroatoms. The van der Waals surface area contributed by atoms with E-state index in [9.17, 15) is 9.59 Å². The molecule has 1 amide bonds. The Morgan fingerprint density at radius 2 is 1.85 bits per heavy atom. The van der Waals surface area contributed by atoms with Gasteiger partial charge >= 0.3 is 5.97 Å². The minimum absolute atomic E-state index is 0.0197. The van der Waals surface area contributed by atoms with E-state index in [0.717, 1.165) is 11.1 Å². The minimum atomic E-state index is -0.866. The first kappa shape index (κ1) is 20.8. The molecule has 1 unspecified atom stereocenters. The van der Waals surface area contributed by atoms with Gasteiger partial charge in [-0.25, -0.2) is 0 Å². The number of carbonyl (C=O) groups excluding carboxylic acids is 1. The molecular weight excluding hydrogens is 366 g/mol. The quantitative estimate of drug-likeness (QED) is 0.646. The Morgan fingerprint density at radius 1 is 1.11 bits per heavy atom. The van der Waals surface area contributed by atoms with Gasteiger partial charge in [-0.15, -0.1) is 0 Å². The number of aryl methyl sites for hydroxylation is 1. The van der Waals surface area contributed by atoms with Crippen LogP contribution in [0.4, 0.5) is 0 Å². The highest BCUT2D eigenvalue weighted by Gasteiger charge is 2.15. The number of ether oxygens (including phenoxy) is 1. The van der Waals surface area contributed by atoms with Crippen LogP contribution in [-0.2, 0) is 22.4 Å². The van der Waals surface area contributed by atoms with Gasteiger partial charge in [0.25, 0.3) is 0 Å². The molecule has 0 aromatic heterocycles. The molecule has 0 saturated heterocycles. The Kier molecular flexibility index (Phi) is 8.14. The molecule has 0 aliphatic heterocycles. The Labute approximate surface area is 164 Å². The van der Waals surface area contributed by atoms with Gasteiger partial charge in [0.05, 0.1) is 12.1 Å². The predicted molar refractivity (Wildman–Crippen MR) is 105 cm³/mol. The maximum Gasteiger partial charge on any atom is 0.303 e. The van der Waals surface area contributed by atoms with E-state index >= 15 is 0 Å². The second kappa shape index (κ2) is 10.6. The molecule has 2 aromatic carbocycles. The van der Waals surface area contributed by atoms with Crippen molar-refractivity contribution in [3.05, 3.63) is 64.7 Å². The predicted octanol–water partition coefficient (Wildman–Crippen LogP) is 3.87. The Morgan fingerprint density at radius 3 is 2.48 bits per heavy atom. The van der Waals surface area contributed by atoms with Gasteiger partial charge in [-0.05, 0) is 42.5 Å². The third-order valence-electron chi connectivity index (χ3n) is 4.25. The third-order valence-corrected chi connectivity index (χ3v) is 4.55. The zero-order valence-electron chi connectivity index (χ0n) is 15.3. The van der Waals surface area contributed by atoms with E-state index in [1.165, 1.54) is 0 Å². The van der Waals surface area contributed by atoms with Crippen molar-refractivity contribution in [3.8, 4) is 5.75 Å². The van der Waals surface area contributed by atoms with Crippen LogP contribution in [0.25, 0.3) is 0 Å². The molecule has 0 radical (unpaired) electrons. The van der Waals surface area contributed by atoms with Crippen LogP contribution < -0.4 is 10.1 Å². The first-order valence-electron chi connectivity index (χ1n) is 8.85. The van der Waals surface area contributed by atoms with Crippen LogP contribution in [0.2, 0.25) is 5.02 Å². The average molecular weight is 390 g/mol. The number of carboxylic acid groups (broad SMARTS) is 1. The van der Waals surface area contributed by atoms with Gasteiger partial charge in [0.2, 0.25) is 5.91 Å². The van der Waals surface area contributed by atoms with Crippen LogP contribution in [0.1, 0.15) is 30.4 Å². The molecule has 0 bridgehead atoms. The third kappa shape index (κ3) is 7.31. The lowest BCUT2D eigenvalue weighted by Crippen LogP contribution is -2.37. The number of rotatable bonds is 10. The van der Waals surface area contributed by atoms with Gasteiger partial charge in [-0.3, -0.25) is 9.59 Å². The van der Waals surface area contributed by atoms with E-state index < -0.39 is 5.97 Å². The van der Waals surface area contributed by atoms with Crippen molar-refractivity contribution in [2.45, 2.75) is 38.1 Å². The van der Waals surface area contributed by atoms with Crippen LogP contribution in [0.3, 0.4) is 0 Å². The summed E-state index contributed by atoms with van der Waals surface area (Å²) in [6.07, 6.45) is 1.87. The molecule has 144 valence electrons. The fraction of sp³-hybridized carbons (Fsp3) is 0.333. The zero-order chi connectivity index (χ0) is 19.6. The van der Waals surface area contributed by atoms with Crippen LogP contribution in [-0.4, -0.2) is 30.1 Å². The summed E-state index contributed by atoms with van der Waals surface area (Å²) in [5.74, 6) is -0.370.